The highest BCUT2D eigenvalue weighted by atomic mass is 79.9. The van der Waals surface area contributed by atoms with Crippen LogP contribution < -0.4 is 0 Å². The third-order valence-corrected chi connectivity index (χ3v) is 6.12. The molecule has 3 nitrogen and oxygen atoms in total. The number of alkyl halides is 1. The fourth-order valence-corrected chi connectivity index (χ4v) is 4.16. The minimum atomic E-state index is -0.495. The van der Waals surface area contributed by atoms with Crippen molar-refractivity contribution in [1.82, 2.24) is 0 Å². The van der Waals surface area contributed by atoms with Crippen LogP contribution >= 0.6 is 31.9 Å². The molecule has 24 heavy (non-hydrogen) atoms. The molecule has 1 atom stereocenters. The number of rotatable bonds is 9. The fourth-order valence-electron chi connectivity index (χ4n) is 3.14. The van der Waals surface area contributed by atoms with E-state index in [1.54, 1.807) is 0 Å². The first-order chi connectivity index (χ1) is 11.3. The summed E-state index contributed by atoms with van der Waals surface area (Å²) >= 11 is 6.83. The van der Waals surface area contributed by atoms with Gasteiger partial charge in [0, 0.05) is 16.8 Å². The smallest absolute Gasteiger partial charge is 0.302 e. The first-order valence-electron chi connectivity index (χ1n) is 8.30. The second-order valence-corrected chi connectivity index (χ2v) is 8.51. The largest absolute Gasteiger partial charge is 0.465 e. The standard InChI is InChI=1S/C19H24Br2O3/c1-14(22)24-13-19(9-10-19)8-4-7-18(2,17(23)12-20)15-5-3-6-16(21)11-15/h3,5-6,11H,4,7-10,12-13H2,1-2H3. The number of benzene rings is 1. The number of carbonyl (C=O) groups is 2. The van der Waals surface area contributed by atoms with Crippen molar-refractivity contribution in [3.05, 3.63) is 34.3 Å². The van der Waals surface area contributed by atoms with Crippen molar-refractivity contribution >= 4 is 43.6 Å². The van der Waals surface area contributed by atoms with Crippen molar-refractivity contribution in [3.8, 4) is 0 Å². The minimum Gasteiger partial charge on any atom is -0.465 e. The third-order valence-electron chi connectivity index (χ3n) is 5.12. The van der Waals surface area contributed by atoms with E-state index in [0.717, 1.165) is 42.1 Å². The van der Waals surface area contributed by atoms with Crippen LogP contribution in [0.3, 0.4) is 0 Å². The molecule has 5 heteroatoms. The summed E-state index contributed by atoms with van der Waals surface area (Å²) in [5, 5.41) is 0.356. The van der Waals surface area contributed by atoms with Gasteiger partial charge >= 0.3 is 5.97 Å². The van der Waals surface area contributed by atoms with E-state index in [1.165, 1.54) is 6.92 Å². The number of esters is 1. The molecule has 1 saturated carbocycles. The Morgan fingerprint density at radius 1 is 1.33 bits per heavy atom. The van der Waals surface area contributed by atoms with E-state index in [0.29, 0.717) is 11.9 Å². The summed E-state index contributed by atoms with van der Waals surface area (Å²) in [7, 11) is 0. The maximum atomic E-state index is 12.6. The average molecular weight is 460 g/mol. The predicted molar refractivity (Wildman–Crippen MR) is 102 cm³/mol. The third kappa shape index (κ3) is 4.92. The fraction of sp³-hybridized carbons (Fsp3) is 0.579. The molecule has 1 aromatic rings. The van der Waals surface area contributed by atoms with Crippen LogP contribution in [0.15, 0.2) is 28.7 Å². The predicted octanol–water partition coefficient (Wildman–Crippen LogP) is 5.18. The Morgan fingerprint density at radius 3 is 2.58 bits per heavy atom. The molecule has 2 rings (SSSR count). The normalized spacial score (nSPS) is 17.8. The number of ketones is 1. The summed E-state index contributed by atoms with van der Waals surface area (Å²) in [6.45, 7) is 4.00. The molecule has 0 aliphatic heterocycles. The van der Waals surface area contributed by atoms with Gasteiger partial charge in [0.2, 0.25) is 0 Å². The summed E-state index contributed by atoms with van der Waals surface area (Å²) in [5.74, 6) is -0.0138. The van der Waals surface area contributed by atoms with Gasteiger partial charge < -0.3 is 4.74 Å². The van der Waals surface area contributed by atoms with Crippen LogP contribution in [-0.4, -0.2) is 23.7 Å². The maximum Gasteiger partial charge on any atom is 0.302 e. The zero-order valence-electron chi connectivity index (χ0n) is 14.2. The molecule has 0 saturated heterocycles. The Hall–Kier alpha value is -0.680. The van der Waals surface area contributed by atoms with Crippen LogP contribution in [0.2, 0.25) is 0 Å². The molecule has 1 fully saturated rings. The van der Waals surface area contributed by atoms with Crippen molar-refractivity contribution < 1.29 is 14.3 Å². The number of carbonyl (C=O) groups excluding carboxylic acids is 2. The number of ether oxygens (including phenoxy) is 1. The van der Waals surface area contributed by atoms with Crippen molar-refractivity contribution in [2.75, 3.05) is 11.9 Å². The highest BCUT2D eigenvalue weighted by molar-refractivity contribution is 9.10. The van der Waals surface area contributed by atoms with E-state index in [9.17, 15) is 9.59 Å². The van der Waals surface area contributed by atoms with E-state index in [1.807, 2.05) is 31.2 Å². The molecule has 0 amide bonds. The van der Waals surface area contributed by atoms with Crippen molar-refractivity contribution in [2.45, 2.75) is 51.4 Å². The van der Waals surface area contributed by atoms with E-state index in [2.05, 4.69) is 31.9 Å². The van der Waals surface area contributed by atoms with E-state index < -0.39 is 5.41 Å². The quantitative estimate of drug-likeness (QED) is 0.377. The van der Waals surface area contributed by atoms with Crippen LogP contribution in [0.5, 0.6) is 0 Å². The van der Waals surface area contributed by atoms with Crippen LogP contribution in [-0.2, 0) is 19.7 Å². The Balaban J connectivity index is 2.02. The molecule has 1 aromatic carbocycles. The summed E-state index contributed by atoms with van der Waals surface area (Å²) in [6.07, 6.45) is 4.97. The maximum absolute atomic E-state index is 12.6. The van der Waals surface area contributed by atoms with Gasteiger partial charge in [0.25, 0.3) is 0 Å². The molecule has 0 bridgehead atoms. The van der Waals surface area contributed by atoms with E-state index >= 15 is 0 Å². The Bertz CT molecular complexity index is 610. The molecule has 0 radical (unpaired) electrons. The topological polar surface area (TPSA) is 43.4 Å². The SMILES string of the molecule is CC(=O)OCC1(CCCC(C)(C(=O)CBr)c2cccc(Br)c2)CC1. The lowest BCUT2D eigenvalue weighted by atomic mass is 9.74. The van der Waals surface area contributed by atoms with Gasteiger partial charge in [-0.05, 0) is 50.3 Å². The first-order valence-corrected chi connectivity index (χ1v) is 10.2. The highest BCUT2D eigenvalue weighted by Crippen LogP contribution is 2.50. The molecule has 132 valence electrons. The summed E-state index contributed by atoms with van der Waals surface area (Å²) in [4.78, 5) is 23.6. The van der Waals surface area contributed by atoms with Crippen molar-refractivity contribution in [3.63, 3.8) is 0 Å². The van der Waals surface area contributed by atoms with Crippen LogP contribution in [0.25, 0.3) is 0 Å². The Morgan fingerprint density at radius 2 is 2.04 bits per heavy atom. The second kappa shape index (κ2) is 8.13. The van der Waals surface area contributed by atoms with Crippen LogP contribution in [0, 0.1) is 5.41 Å². The summed E-state index contributed by atoms with van der Waals surface area (Å²) in [6, 6.07) is 8.01. The molecular weight excluding hydrogens is 436 g/mol. The zero-order chi connectivity index (χ0) is 17.8. The number of hydrogen-bond donors (Lipinski definition) is 0. The lowest BCUT2D eigenvalue weighted by Gasteiger charge is -2.29. The van der Waals surface area contributed by atoms with Gasteiger partial charge in [0.05, 0.1) is 17.4 Å². The Labute approximate surface area is 160 Å². The van der Waals surface area contributed by atoms with Crippen molar-refractivity contribution in [2.24, 2.45) is 5.41 Å². The zero-order valence-corrected chi connectivity index (χ0v) is 17.4. The summed E-state index contributed by atoms with van der Waals surface area (Å²) in [5.41, 5.74) is 0.706. The number of Topliss-reactive ketones (excluding diaryl/α,β-unsaturated/α-hetero) is 1. The molecule has 0 aromatic heterocycles. The van der Waals surface area contributed by atoms with Gasteiger partial charge in [-0.15, -0.1) is 0 Å². The lowest BCUT2D eigenvalue weighted by Crippen LogP contribution is -2.34. The number of halogens is 2. The molecule has 1 unspecified atom stereocenters. The van der Waals surface area contributed by atoms with Gasteiger partial charge in [-0.1, -0.05) is 50.4 Å². The molecule has 0 N–H and O–H groups in total. The van der Waals surface area contributed by atoms with Crippen LogP contribution in [0.4, 0.5) is 0 Å². The van der Waals surface area contributed by atoms with E-state index in [4.69, 9.17) is 4.74 Å². The lowest BCUT2D eigenvalue weighted by molar-refractivity contribution is -0.142. The second-order valence-electron chi connectivity index (χ2n) is 7.03. The van der Waals surface area contributed by atoms with E-state index in [-0.39, 0.29) is 17.2 Å². The van der Waals surface area contributed by atoms with Gasteiger partial charge in [-0.25, -0.2) is 0 Å². The van der Waals surface area contributed by atoms with Gasteiger partial charge in [0.1, 0.15) is 0 Å². The molecule has 0 spiro atoms. The molecular formula is C19H24Br2O3. The van der Waals surface area contributed by atoms with Crippen LogP contribution in [0.1, 0.15) is 51.5 Å². The highest BCUT2D eigenvalue weighted by Gasteiger charge is 2.44. The minimum absolute atomic E-state index is 0.154. The Kier molecular flexibility index (Phi) is 6.66. The molecule has 0 heterocycles. The summed E-state index contributed by atoms with van der Waals surface area (Å²) < 4.78 is 6.19. The molecule has 1 aliphatic rings. The molecule has 1 aliphatic carbocycles. The monoisotopic (exact) mass is 458 g/mol. The van der Waals surface area contributed by atoms with Gasteiger partial charge in [0.15, 0.2) is 5.78 Å². The van der Waals surface area contributed by atoms with Gasteiger partial charge in [-0.3, -0.25) is 9.59 Å². The number of hydrogen-bond acceptors (Lipinski definition) is 3. The van der Waals surface area contributed by atoms with Gasteiger partial charge in [-0.2, -0.15) is 0 Å². The first kappa shape index (κ1) is 19.6. The average Bonchev–Trinajstić information content (AvgIpc) is 3.32. The van der Waals surface area contributed by atoms with Crippen molar-refractivity contribution in [1.29, 1.82) is 0 Å².